The van der Waals surface area contributed by atoms with Crippen LogP contribution < -0.4 is 14.4 Å². The van der Waals surface area contributed by atoms with Gasteiger partial charge < -0.3 is 14.5 Å². The molecule has 0 radical (unpaired) electrons. The van der Waals surface area contributed by atoms with Gasteiger partial charge in [-0.15, -0.1) is 10.2 Å². The van der Waals surface area contributed by atoms with E-state index in [2.05, 4.69) is 46.7 Å². The second-order valence-corrected chi connectivity index (χ2v) is 17.8. The van der Waals surface area contributed by atoms with Crippen LogP contribution in [0.2, 0.25) is 0 Å². The van der Waals surface area contributed by atoms with Gasteiger partial charge >= 0.3 is 0 Å². The van der Waals surface area contributed by atoms with E-state index < -0.39 is 15.9 Å². The number of sulfonamides is 1. The maximum absolute atomic E-state index is 13.9. The van der Waals surface area contributed by atoms with E-state index in [4.69, 9.17) is 4.74 Å². The van der Waals surface area contributed by atoms with E-state index in [-0.39, 0.29) is 28.2 Å². The van der Waals surface area contributed by atoms with E-state index >= 15 is 0 Å². The lowest BCUT2D eigenvalue weighted by atomic mass is 9.50. The summed E-state index contributed by atoms with van der Waals surface area (Å²) in [4.78, 5) is 35.0. The summed E-state index contributed by atoms with van der Waals surface area (Å²) in [5.74, 6) is 2.36. The third-order valence-electron chi connectivity index (χ3n) is 11.1. The van der Waals surface area contributed by atoms with Crippen LogP contribution in [0.4, 0.5) is 5.82 Å². The van der Waals surface area contributed by atoms with Gasteiger partial charge in [0.05, 0.1) is 18.6 Å². The minimum Gasteiger partial charge on any atom is -0.492 e. The number of hydrogen-bond acceptors (Lipinski definition) is 9. The summed E-state index contributed by atoms with van der Waals surface area (Å²) >= 11 is 0. The van der Waals surface area contributed by atoms with Crippen LogP contribution in [-0.4, -0.2) is 78.9 Å². The number of anilines is 1. The zero-order valence-electron chi connectivity index (χ0n) is 29.5. The van der Waals surface area contributed by atoms with E-state index in [1.807, 2.05) is 34.9 Å². The predicted octanol–water partition coefficient (Wildman–Crippen LogP) is 5.47. The molecule has 50 heavy (non-hydrogen) atoms. The number of aromatic nitrogens is 3. The molecule has 0 spiro atoms. The number of benzene rings is 1. The van der Waals surface area contributed by atoms with Gasteiger partial charge in [0.15, 0.2) is 11.5 Å². The standard InChI is InChI=1S/C38H48N6O5S/c1-5-49-32-18-30(22-39-23-32)28-15-29(17-31(16-28)37(2,3)4)36(46)44-10-8-43(9-11-44)34-7-6-33(40-41-34)35(45)42-50(47,48)24-38-19-25-12-26(20-38)14-27(13-25)21-38/h6-7,15-18,22-23,25-27H,5,8-14,19-21,24H2,1-4H3,(H,42,45). The van der Waals surface area contributed by atoms with Crippen molar-refractivity contribution in [1.82, 2.24) is 24.8 Å². The highest BCUT2D eigenvalue weighted by atomic mass is 32.2. The Morgan fingerprint density at radius 1 is 0.900 bits per heavy atom. The number of ether oxygens (including phenoxy) is 1. The topological polar surface area (TPSA) is 135 Å². The molecule has 4 bridgehead atoms. The quantitative estimate of drug-likeness (QED) is 0.308. The average molecular weight is 701 g/mol. The summed E-state index contributed by atoms with van der Waals surface area (Å²) in [5, 5.41) is 8.36. The van der Waals surface area contributed by atoms with Gasteiger partial charge in [-0.1, -0.05) is 26.8 Å². The first-order valence-electron chi connectivity index (χ1n) is 17.9. The molecule has 2 amide bonds. The van der Waals surface area contributed by atoms with Crippen LogP contribution in [0.5, 0.6) is 5.75 Å². The van der Waals surface area contributed by atoms with Gasteiger partial charge in [-0.2, -0.15) is 0 Å². The van der Waals surface area contributed by atoms with Gasteiger partial charge in [-0.25, -0.2) is 13.1 Å². The Morgan fingerprint density at radius 2 is 1.58 bits per heavy atom. The van der Waals surface area contributed by atoms with Gasteiger partial charge in [0.1, 0.15) is 5.75 Å². The van der Waals surface area contributed by atoms with Crippen LogP contribution in [-0.2, 0) is 15.4 Å². The number of nitrogens with zero attached hydrogens (tertiary/aromatic N) is 5. The molecule has 266 valence electrons. The lowest BCUT2D eigenvalue weighted by Crippen LogP contribution is -2.51. The van der Waals surface area contributed by atoms with Gasteiger partial charge in [0, 0.05) is 43.5 Å². The number of rotatable bonds is 9. The lowest BCUT2D eigenvalue weighted by molar-refractivity contribution is -0.0391. The number of hydrogen-bond donors (Lipinski definition) is 1. The van der Waals surface area contributed by atoms with Gasteiger partial charge in [0.2, 0.25) is 10.0 Å². The highest BCUT2D eigenvalue weighted by Crippen LogP contribution is 2.60. The number of pyridine rings is 1. The Kier molecular flexibility index (Phi) is 9.11. The van der Waals surface area contributed by atoms with Crippen molar-refractivity contribution in [2.45, 2.75) is 71.6 Å². The van der Waals surface area contributed by atoms with Crippen LogP contribution in [0.25, 0.3) is 11.1 Å². The fraction of sp³-hybridized carbons (Fsp3) is 0.553. The molecule has 3 aromatic rings. The number of carbonyl (C=O) groups excluding carboxylic acids is 2. The van der Waals surface area contributed by atoms with E-state index in [1.54, 1.807) is 18.5 Å². The van der Waals surface area contributed by atoms with Gasteiger partial charge in [-0.05, 0) is 115 Å². The fourth-order valence-electron chi connectivity index (χ4n) is 9.21. The van der Waals surface area contributed by atoms with Crippen molar-refractivity contribution in [2.24, 2.45) is 23.2 Å². The molecular weight excluding hydrogens is 653 g/mol. The first-order valence-corrected chi connectivity index (χ1v) is 19.6. The summed E-state index contributed by atoms with van der Waals surface area (Å²) < 4.78 is 34.3. The van der Waals surface area contributed by atoms with Crippen molar-refractivity contribution in [2.75, 3.05) is 43.4 Å². The highest BCUT2D eigenvalue weighted by molar-refractivity contribution is 7.90. The normalized spacial score (nSPS) is 24.7. The molecule has 11 nitrogen and oxygen atoms in total. The molecule has 1 aliphatic heterocycles. The fourth-order valence-corrected chi connectivity index (χ4v) is 10.8. The Bertz CT molecular complexity index is 1830. The maximum atomic E-state index is 13.9. The predicted molar refractivity (Wildman–Crippen MR) is 192 cm³/mol. The van der Waals surface area contributed by atoms with E-state index in [9.17, 15) is 18.0 Å². The molecule has 5 fully saturated rings. The van der Waals surface area contributed by atoms with Crippen LogP contribution in [0.1, 0.15) is 92.6 Å². The lowest BCUT2D eigenvalue weighted by Gasteiger charge is -2.56. The molecule has 5 aliphatic rings. The molecule has 1 N–H and O–H groups in total. The summed E-state index contributed by atoms with van der Waals surface area (Å²) in [6.45, 7) is 10.9. The van der Waals surface area contributed by atoms with Gasteiger partial charge in [-0.3, -0.25) is 14.6 Å². The monoisotopic (exact) mass is 700 g/mol. The highest BCUT2D eigenvalue weighted by Gasteiger charge is 2.52. The van der Waals surface area contributed by atoms with Crippen LogP contribution in [0.15, 0.2) is 48.8 Å². The third-order valence-corrected chi connectivity index (χ3v) is 12.6. The SMILES string of the molecule is CCOc1cncc(-c2cc(C(=O)N3CCN(c4ccc(C(=O)NS(=O)(=O)CC56CC7CC(CC(C7)C5)C6)nn4)CC3)cc(C(C)(C)C)c2)c1. The van der Waals surface area contributed by atoms with E-state index in [1.165, 1.54) is 25.3 Å². The van der Waals surface area contributed by atoms with Crippen molar-refractivity contribution in [1.29, 1.82) is 0 Å². The van der Waals surface area contributed by atoms with Crippen LogP contribution >= 0.6 is 0 Å². The third kappa shape index (κ3) is 7.36. The Hall–Kier alpha value is -4.06. The zero-order chi connectivity index (χ0) is 35.3. The van der Waals surface area contributed by atoms with Crippen molar-refractivity contribution in [3.8, 4) is 16.9 Å². The molecule has 3 heterocycles. The molecule has 1 saturated heterocycles. The number of piperazine rings is 1. The Morgan fingerprint density at radius 3 is 2.18 bits per heavy atom. The van der Waals surface area contributed by atoms with Crippen molar-refractivity contribution < 1.29 is 22.7 Å². The molecule has 0 unspecified atom stereocenters. The van der Waals surface area contributed by atoms with Crippen LogP contribution in [0, 0.1) is 23.2 Å². The summed E-state index contributed by atoms with van der Waals surface area (Å²) in [7, 11) is -3.82. The van der Waals surface area contributed by atoms with Gasteiger partial charge in [0.25, 0.3) is 11.8 Å². The van der Waals surface area contributed by atoms with E-state index in [0.717, 1.165) is 36.0 Å². The van der Waals surface area contributed by atoms with Crippen LogP contribution in [0.3, 0.4) is 0 Å². The Balaban J connectivity index is 0.977. The molecule has 2 aromatic heterocycles. The molecular formula is C38H48N6O5S. The molecule has 0 atom stereocenters. The minimum atomic E-state index is -3.82. The Labute approximate surface area is 295 Å². The number of carbonyl (C=O) groups is 2. The molecule has 8 rings (SSSR count). The summed E-state index contributed by atoms with van der Waals surface area (Å²) in [6, 6.07) is 11.2. The molecule has 4 saturated carbocycles. The summed E-state index contributed by atoms with van der Waals surface area (Å²) in [5.41, 5.74) is 3.06. The number of nitrogens with one attached hydrogen (secondary N) is 1. The first kappa shape index (κ1) is 34.4. The second kappa shape index (κ2) is 13.2. The minimum absolute atomic E-state index is 0.00384. The summed E-state index contributed by atoms with van der Waals surface area (Å²) in [6.07, 6.45) is 10.0. The van der Waals surface area contributed by atoms with Crippen molar-refractivity contribution in [3.63, 3.8) is 0 Å². The van der Waals surface area contributed by atoms with Crippen molar-refractivity contribution >= 4 is 27.7 Å². The smallest absolute Gasteiger partial charge is 0.285 e. The molecule has 1 aromatic carbocycles. The second-order valence-electron chi connectivity index (χ2n) is 16.1. The molecule has 12 heteroatoms. The van der Waals surface area contributed by atoms with E-state index in [0.29, 0.717) is 67.7 Å². The van der Waals surface area contributed by atoms with Crippen molar-refractivity contribution in [3.05, 3.63) is 65.6 Å². The zero-order valence-corrected chi connectivity index (χ0v) is 30.3. The average Bonchev–Trinajstić information content (AvgIpc) is 3.06. The maximum Gasteiger partial charge on any atom is 0.285 e. The largest absolute Gasteiger partial charge is 0.492 e. The molecule has 4 aliphatic carbocycles. The first-order chi connectivity index (χ1) is 23.8. The number of amides is 2.